The molecule has 0 amide bonds. The number of ether oxygens (including phenoxy) is 2. The molecule has 0 atom stereocenters. The van der Waals surface area contributed by atoms with Crippen LogP contribution in [0, 0.1) is 0 Å². The van der Waals surface area contributed by atoms with Crippen LogP contribution < -0.4 is 14.5 Å². The molecule has 3 aromatic heterocycles. The van der Waals surface area contributed by atoms with E-state index >= 15 is 0 Å². The van der Waals surface area contributed by atoms with Crippen molar-refractivity contribution in [1.29, 1.82) is 0 Å². The fourth-order valence-corrected chi connectivity index (χ4v) is 3.97. The molecule has 0 unspecified atom stereocenters. The van der Waals surface area contributed by atoms with Crippen LogP contribution >= 0.6 is 0 Å². The van der Waals surface area contributed by atoms with Crippen molar-refractivity contribution in [2.24, 2.45) is 0 Å². The van der Waals surface area contributed by atoms with E-state index in [2.05, 4.69) is 24.9 Å². The molecule has 4 aromatic rings. The summed E-state index contributed by atoms with van der Waals surface area (Å²) in [4.78, 5) is 26.0. The largest absolute Gasteiger partial charge is 0.494 e. The van der Waals surface area contributed by atoms with Crippen LogP contribution in [-0.2, 0) is 11.3 Å². The minimum absolute atomic E-state index is 0.0561. The van der Waals surface area contributed by atoms with Gasteiger partial charge in [0.05, 0.1) is 25.8 Å². The molecule has 1 aliphatic rings. The summed E-state index contributed by atoms with van der Waals surface area (Å²) in [6.07, 6.45) is 0.601. The van der Waals surface area contributed by atoms with E-state index in [0.717, 1.165) is 5.56 Å². The molecule has 1 saturated heterocycles. The summed E-state index contributed by atoms with van der Waals surface area (Å²) in [5, 5.41) is 0. The van der Waals surface area contributed by atoms with Crippen LogP contribution in [-0.4, -0.2) is 69.9 Å². The van der Waals surface area contributed by atoms with Gasteiger partial charge in [-0.15, -0.1) is 0 Å². The first-order chi connectivity index (χ1) is 17.0. The monoisotopic (exact) mass is 482 g/mol. The number of hydrogen-bond donors (Lipinski definition) is 0. The maximum atomic E-state index is 14.1. The lowest BCUT2D eigenvalue weighted by molar-refractivity contribution is 0.122. The molecule has 0 bridgehead atoms. The first-order valence-corrected chi connectivity index (χ1v) is 11.1. The van der Waals surface area contributed by atoms with Gasteiger partial charge in [-0.05, 0) is 23.8 Å². The minimum atomic E-state index is -2.85. The first kappa shape index (κ1) is 22.8. The lowest BCUT2D eigenvalue weighted by atomic mass is 10.3. The number of halogens is 2. The van der Waals surface area contributed by atoms with Crippen molar-refractivity contribution >= 4 is 22.9 Å². The second-order valence-corrected chi connectivity index (χ2v) is 7.99. The summed E-state index contributed by atoms with van der Waals surface area (Å²) >= 11 is 0. The average molecular weight is 482 g/mol. The van der Waals surface area contributed by atoms with Crippen molar-refractivity contribution in [3.63, 3.8) is 0 Å². The number of alkyl halides is 2. The van der Waals surface area contributed by atoms with Gasteiger partial charge in [-0.25, -0.2) is 13.8 Å². The smallest absolute Gasteiger partial charge is 0.296 e. The number of anilines is 2. The average Bonchev–Trinajstić information content (AvgIpc) is 3.30. The minimum Gasteiger partial charge on any atom is -0.494 e. The number of imidazole rings is 1. The Kier molecular flexibility index (Phi) is 6.36. The highest BCUT2D eigenvalue weighted by Crippen LogP contribution is 2.32. The Morgan fingerprint density at radius 1 is 1.06 bits per heavy atom. The Morgan fingerprint density at radius 2 is 1.86 bits per heavy atom. The summed E-state index contributed by atoms with van der Waals surface area (Å²) in [7, 11) is 3.30. The number of nitrogens with zero attached hydrogens (tertiary/aromatic N) is 8. The molecule has 5 rings (SSSR count). The van der Waals surface area contributed by atoms with Crippen LogP contribution in [0.3, 0.4) is 0 Å². The van der Waals surface area contributed by atoms with E-state index in [0.29, 0.717) is 61.5 Å². The second kappa shape index (κ2) is 9.74. The van der Waals surface area contributed by atoms with Gasteiger partial charge in [0.15, 0.2) is 5.82 Å². The van der Waals surface area contributed by atoms with E-state index in [1.165, 1.54) is 11.7 Å². The molecule has 0 saturated carbocycles. The van der Waals surface area contributed by atoms with E-state index in [1.807, 2.05) is 29.0 Å². The molecule has 35 heavy (non-hydrogen) atoms. The Balaban J connectivity index is 1.66. The van der Waals surface area contributed by atoms with Crippen molar-refractivity contribution in [2.45, 2.75) is 13.0 Å². The van der Waals surface area contributed by atoms with Gasteiger partial charge in [0, 0.05) is 39.1 Å². The van der Waals surface area contributed by atoms with Crippen molar-refractivity contribution < 1.29 is 18.3 Å². The molecule has 1 aliphatic heterocycles. The zero-order valence-electron chi connectivity index (χ0n) is 19.3. The van der Waals surface area contributed by atoms with Crippen LogP contribution in [0.1, 0.15) is 17.8 Å². The molecule has 10 nitrogen and oxygen atoms in total. The molecule has 0 aliphatic carbocycles. The van der Waals surface area contributed by atoms with Gasteiger partial charge in [-0.2, -0.15) is 15.0 Å². The summed E-state index contributed by atoms with van der Waals surface area (Å²) in [6.45, 7) is 2.68. The third-order valence-corrected chi connectivity index (χ3v) is 5.67. The van der Waals surface area contributed by atoms with Gasteiger partial charge in [-0.1, -0.05) is 12.1 Å². The predicted octanol–water partition coefficient (Wildman–Crippen LogP) is 3.02. The number of benzene rings is 1. The maximum absolute atomic E-state index is 14.1. The molecule has 4 heterocycles. The molecule has 1 aromatic carbocycles. The van der Waals surface area contributed by atoms with E-state index in [-0.39, 0.29) is 5.95 Å². The second-order valence-electron chi connectivity index (χ2n) is 7.99. The molecular weight excluding hydrogens is 458 g/mol. The highest BCUT2D eigenvalue weighted by Gasteiger charge is 2.26. The van der Waals surface area contributed by atoms with Gasteiger partial charge in [0.25, 0.3) is 6.43 Å². The van der Waals surface area contributed by atoms with E-state index in [9.17, 15) is 8.78 Å². The number of rotatable bonds is 7. The standard InChI is InChI=1S/C23H24F2N8O2/c1-31(14-15-5-4-8-26-13-15)21-28-22(32-9-11-35-12-10-32)30-23(29-21)33-16-6-3-7-17(34-2)18(16)27-20(33)19(24)25/h3-8,13,19H,9-12,14H2,1-2H3. The van der Waals surface area contributed by atoms with Gasteiger partial charge < -0.3 is 19.3 Å². The quantitative estimate of drug-likeness (QED) is 0.394. The summed E-state index contributed by atoms with van der Waals surface area (Å²) in [5.41, 5.74) is 1.68. The van der Waals surface area contributed by atoms with Crippen molar-refractivity contribution in [2.75, 3.05) is 50.3 Å². The van der Waals surface area contributed by atoms with Crippen LogP contribution in [0.4, 0.5) is 20.7 Å². The maximum Gasteiger partial charge on any atom is 0.296 e. The third-order valence-electron chi connectivity index (χ3n) is 5.67. The summed E-state index contributed by atoms with van der Waals surface area (Å²) < 4.78 is 40.4. The number of aromatic nitrogens is 6. The Bertz CT molecular complexity index is 1310. The molecule has 0 spiro atoms. The van der Waals surface area contributed by atoms with Gasteiger partial charge >= 0.3 is 0 Å². The predicted molar refractivity (Wildman–Crippen MR) is 125 cm³/mol. The normalized spacial score (nSPS) is 14.0. The van der Waals surface area contributed by atoms with Gasteiger partial charge in [-0.3, -0.25) is 9.55 Å². The number of para-hydroxylation sites is 1. The van der Waals surface area contributed by atoms with Crippen molar-refractivity contribution in [3.8, 4) is 11.7 Å². The first-order valence-electron chi connectivity index (χ1n) is 11.1. The van der Waals surface area contributed by atoms with E-state index in [1.54, 1.807) is 30.6 Å². The SMILES string of the molecule is COc1cccc2c1nc(C(F)F)n2-c1nc(N(C)Cc2cccnc2)nc(N2CCOCC2)n1. The molecular formula is C23H24F2N8O2. The molecule has 0 radical (unpaired) electrons. The van der Waals surface area contributed by atoms with Crippen molar-refractivity contribution in [3.05, 3.63) is 54.1 Å². The zero-order chi connectivity index (χ0) is 24.4. The number of methoxy groups -OCH3 is 1. The molecule has 12 heteroatoms. The van der Waals surface area contributed by atoms with E-state index in [4.69, 9.17) is 9.47 Å². The Hall–Kier alpha value is -3.93. The van der Waals surface area contributed by atoms with E-state index < -0.39 is 12.2 Å². The fraction of sp³-hybridized carbons (Fsp3) is 0.348. The van der Waals surface area contributed by atoms with Crippen LogP contribution in [0.2, 0.25) is 0 Å². The van der Waals surface area contributed by atoms with Gasteiger partial charge in [0.1, 0.15) is 11.3 Å². The summed E-state index contributed by atoms with van der Waals surface area (Å²) in [5.74, 6) is 0.700. The molecule has 0 N–H and O–H groups in total. The highest BCUT2D eigenvalue weighted by atomic mass is 19.3. The lowest BCUT2D eigenvalue weighted by Crippen LogP contribution is -2.38. The van der Waals surface area contributed by atoms with Gasteiger partial charge in [0.2, 0.25) is 17.8 Å². The Morgan fingerprint density at radius 3 is 2.57 bits per heavy atom. The van der Waals surface area contributed by atoms with Crippen LogP contribution in [0.5, 0.6) is 5.75 Å². The van der Waals surface area contributed by atoms with Crippen LogP contribution in [0.15, 0.2) is 42.7 Å². The number of fused-ring (bicyclic) bond motifs is 1. The number of hydrogen-bond acceptors (Lipinski definition) is 9. The highest BCUT2D eigenvalue weighted by molar-refractivity contribution is 5.84. The summed E-state index contributed by atoms with van der Waals surface area (Å²) in [6, 6.07) is 8.87. The molecule has 1 fully saturated rings. The number of pyridine rings is 1. The lowest BCUT2D eigenvalue weighted by Gasteiger charge is -2.28. The topological polar surface area (TPSA) is 94.3 Å². The zero-order valence-corrected chi connectivity index (χ0v) is 19.3. The van der Waals surface area contributed by atoms with Crippen molar-refractivity contribution in [1.82, 2.24) is 29.5 Å². The Labute approximate surface area is 200 Å². The van der Waals surface area contributed by atoms with Crippen LogP contribution in [0.25, 0.3) is 17.0 Å². The third kappa shape index (κ3) is 4.56. The fourth-order valence-electron chi connectivity index (χ4n) is 3.97. The molecule has 182 valence electrons. The number of morpholine rings is 1.